The molecule has 26 heavy (non-hydrogen) atoms. The summed E-state index contributed by atoms with van der Waals surface area (Å²) in [5.74, 6) is -0.775. The van der Waals surface area contributed by atoms with Crippen LogP contribution in [0.5, 0.6) is 5.75 Å². The second-order valence-corrected chi connectivity index (χ2v) is 5.74. The van der Waals surface area contributed by atoms with Gasteiger partial charge in [-0.2, -0.15) is 5.10 Å². The van der Waals surface area contributed by atoms with Gasteiger partial charge in [0.15, 0.2) is 0 Å². The molecule has 0 unspecified atom stereocenters. The zero-order valence-corrected chi connectivity index (χ0v) is 13.9. The van der Waals surface area contributed by atoms with Gasteiger partial charge in [0.2, 0.25) is 5.78 Å². The van der Waals surface area contributed by atoms with Gasteiger partial charge in [-0.1, -0.05) is 35.9 Å². The molecule has 2 aromatic carbocycles. The minimum atomic E-state index is -4.81. The number of nitrogens with zero attached hydrogens (tertiary/aromatic N) is 2. The van der Waals surface area contributed by atoms with E-state index in [4.69, 9.17) is 0 Å². The molecule has 3 aromatic rings. The summed E-state index contributed by atoms with van der Waals surface area (Å²) in [6.45, 7) is 5.84. The summed E-state index contributed by atoms with van der Waals surface area (Å²) in [4.78, 5) is 12.8. The molecule has 0 radical (unpaired) electrons. The summed E-state index contributed by atoms with van der Waals surface area (Å²) >= 11 is 0. The maximum Gasteiger partial charge on any atom is 0.573 e. The van der Waals surface area contributed by atoms with Gasteiger partial charge in [0, 0.05) is 10.9 Å². The average molecular weight is 360 g/mol. The summed E-state index contributed by atoms with van der Waals surface area (Å²) in [5, 5.41) is 4.57. The zero-order chi connectivity index (χ0) is 18.9. The number of allylic oxidation sites excluding steroid dienone is 1. The van der Waals surface area contributed by atoms with E-state index in [1.54, 1.807) is 30.3 Å². The lowest BCUT2D eigenvalue weighted by molar-refractivity contribution is -0.274. The molecular formula is C19H15F3N2O2. The molecule has 0 spiro atoms. The highest BCUT2D eigenvalue weighted by Gasteiger charge is 2.31. The van der Waals surface area contributed by atoms with E-state index in [0.717, 1.165) is 5.56 Å². The number of hydrogen-bond acceptors (Lipinski definition) is 3. The van der Waals surface area contributed by atoms with Gasteiger partial charge >= 0.3 is 6.36 Å². The summed E-state index contributed by atoms with van der Waals surface area (Å²) in [7, 11) is 0. The molecule has 1 heterocycles. The number of rotatable bonds is 5. The Morgan fingerprint density at radius 1 is 1.23 bits per heavy atom. The Balaban J connectivity index is 2.12. The number of fused-ring (bicyclic) bond motifs is 1. The molecule has 0 aliphatic carbocycles. The number of aromatic nitrogens is 2. The van der Waals surface area contributed by atoms with Crippen LogP contribution in [0, 0.1) is 6.92 Å². The van der Waals surface area contributed by atoms with E-state index in [2.05, 4.69) is 16.4 Å². The van der Waals surface area contributed by atoms with Crippen molar-refractivity contribution in [3.05, 3.63) is 71.9 Å². The second-order valence-electron chi connectivity index (χ2n) is 5.74. The van der Waals surface area contributed by atoms with Crippen molar-refractivity contribution in [2.45, 2.75) is 19.8 Å². The smallest absolute Gasteiger partial charge is 0.406 e. The summed E-state index contributed by atoms with van der Waals surface area (Å²) in [5.41, 5.74) is 1.99. The predicted molar refractivity (Wildman–Crippen MR) is 91.2 cm³/mol. The van der Waals surface area contributed by atoms with Gasteiger partial charge in [0.1, 0.15) is 11.4 Å². The Bertz CT molecular complexity index is 973. The molecule has 0 saturated heterocycles. The van der Waals surface area contributed by atoms with Gasteiger partial charge in [-0.05, 0) is 25.1 Å². The van der Waals surface area contributed by atoms with Gasteiger partial charge in [-0.25, -0.2) is 0 Å². The average Bonchev–Trinajstić information content (AvgIpc) is 2.92. The highest BCUT2D eigenvalue weighted by Crippen LogP contribution is 2.29. The second kappa shape index (κ2) is 6.67. The van der Waals surface area contributed by atoms with E-state index in [0.29, 0.717) is 23.0 Å². The standard InChI is InChI=1S/C19H15F3N2O2/c1-3-10-24-16-9-8-14(26-19(20,21)22)11-15(16)17(23-24)18(25)13-6-4-12(2)5-7-13/h3-9,11H,1,10H2,2H3. The molecule has 1 aromatic heterocycles. The van der Waals surface area contributed by atoms with Crippen molar-refractivity contribution in [3.8, 4) is 5.75 Å². The number of aryl methyl sites for hydroxylation is 1. The molecule has 4 nitrogen and oxygen atoms in total. The van der Waals surface area contributed by atoms with Crippen LogP contribution in [-0.2, 0) is 6.54 Å². The van der Waals surface area contributed by atoms with E-state index in [1.807, 2.05) is 6.92 Å². The molecule has 134 valence electrons. The molecular weight excluding hydrogens is 345 g/mol. The first kappa shape index (κ1) is 17.7. The van der Waals surface area contributed by atoms with Gasteiger partial charge < -0.3 is 4.74 Å². The molecule has 3 rings (SSSR count). The minimum absolute atomic E-state index is 0.0679. The van der Waals surface area contributed by atoms with Crippen molar-refractivity contribution >= 4 is 16.7 Å². The number of benzene rings is 2. The molecule has 0 fully saturated rings. The lowest BCUT2D eigenvalue weighted by Crippen LogP contribution is -2.17. The summed E-state index contributed by atoms with van der Waals surface area (Å²) in [6, 6.07) is 10.7. The van der Waals surface area contributed by atoms with Gasteiger partial charge in [0.05, 0.1) is 12.1 Å². The third kappa shape index (κ3) is 3.61. The Morgan fingerprint density at radius 3 is 2.54 bits per heavy atom. The van der Waals surface area contributed by atoms with Crippen molar-refractivity contribution in [1.29, 1.82) is 0 Å². The zero-order valence-electron chi connectivity index (χ0n) is 13.9. The Labute approximate surface area is 147 Å². The van der Waals surface area contributed by atoms with Crippen LogP contribution in [0.2, 0.25) is 0 Å². The number of alkyl halides is 3. The van der Waals surface area contributed by atoms with Crippen LogP contribution in [0.4, 0.5) is 13.2 Å². The first-order chi connectivity index (χ1) is 12.3. The molecule has 0 aliphatic heterocycles. The van der Waals surface area contributed by atoms with Crippen LogP contribution in [0.15, 0.2) is 55.1 Å². The van der Waals surface area contributed by atoms with Gasteiger partial charge in [-0.3, -0.25) is 9.48 Å². The number of ketones is 1. The fraction of sp³-hybridized carbons (Fsp3) is 0.158. The van der Waals surface area contributed by atoms with Crippen molar-refractivity contribution in [3.63, 3.8) is 0 Å². The van der Waals surface area contributed by atoms with Crippen molar-refractivity contribution in [2.75, 3.05) is 0 Å². The predicted octanol–water partition coefficient (Wildman–Crippen LogP) is 4.66. The number of ether oxygens (including phenoxy) is 1. The number of halogens is 3. The topological polar surface area (TPSA) is 44.1 Å². The monoisotopic (exact) mass is 360 g/mol. The quantitative estimate of drug-likeness (QED) is 0.491. The number of carbonyl (C=O) groups is 1. The lowest BCUT2D eigenvalue weighted by atomic mass is 10.0. The van der Waals surface area contributed by atoms with E-state index < -0.39 is 12.1 Å². The van der Waals surface area contributed by atoms with Crippen LogP contribution in [0.3, 0.4) is 0 Å². The SMILES string of the molecule is C=CCn1nc(C(=O)c2ccc(C)cc2)c2cc(OC(F)(F)F)ccc21. The molecule has 0 amide bonds. The highest BCUT2D eigenvalue weighted by molar-refractivity contribution is 6.15. The first-order valence-electron chi connectivity index (χ1n) is 7.77. The summed E-state index contributed by atoms with van der Waals surface area (Å²) in [6.07, 6.45) is -3.22. The molecule has 0 aliphatic rings. The Morgan fingerprint density at radius 2 is 1.92 bits per heavy atom. The number of carbonyl (C=O) groups excluding carboxylic acids is 1. The normalized spacial score (nSPS) is 11.5. The number of hydrogen-bond donors (Lipinski definition) is 0. The molecule has 0 saturated carbocycles. The molecule has 0 atom stereocenters. The van der Waals surface area contributed by atoms with Crippen molar-refractivity contribution < 1.29 is 22.7 Å². The lowest BCUT2D eigenvalue weighted by Gasteiger charge is -2.09. The van der Waals surface area contributed by atoms with Crippen LogP contribution >= 0.6 is 0 Å². The van der Waals surface area contributed by atoms with Gasteiger partial charge in [0.25, 0.3) is 0 Å². The first-order valence-corrected chi connectivity index (χ1v) is 7.77. The van der Waals surface area contributed by atoms with Crippen molar-refractivity contribution in [2.24, 2.45) is 0 Å². The van der Waals surface area contributed by atoms with E-state index in [-0.39, 0.29) is 11.5 Å². The van der Waals surface area contributed by atoms with Crippen molar-refractivity contribution in [1.82, 2.24) is 9.78 Å². The minimum Gasteiger partial charge on any atom is -0.406 e. The van der Waals surface area contributed by atoms with E-state index in [9.17, 15) is 18.0 Å². The van der Waals surface area contributed by atoms with E-state index in [1.165, 1.54) is 22.9 Å². The fourth-order valence-electron chi connectivity index (χ4n) is 2.63. The molecule has 7 heteroatoms. The Kier molecular flexibility index (Phi) is 4.54. The maximum atomic E-state index is 12.8. The van der Waals surface area contributed by atoms with Crippen LogP contribution < -0.4 is 4.74 Å². The van der Waals surface area contributed by atoms with Crippen LogP contribution in [0.25, 0.3) is 10.9 Å². The molecule has 0 N–H and O–H groups in total. The van der Waals surface area contributed by atoms with Crippen LogP contribution in [0.1, 0.15) is 21.6 Å². The van der Waals surface area contributed by atoms with Crippen LogP contribution in [-0.4, -0.2) is 21.9 Å². The third-order valence-electron chi connectivity index (χ3n) is 3.79. The maximum absolute atomic E-state index is 12.8. The molecule has 0 bridgehead atoms. The summed E-state index contributed by atoms with van der Waals surface area (Å²) < 4.78 is 43.0. The Hall–Kier alpha value is -3.09. The third-order valence-corrected chi connectivity index (χ3v) is 3.79. The largest absolute Gasteiger partial charge is 0.573 e. The fourth-order valence-corrected chi connectivity index (χ4v) is 2.63. The highest BCUT2D eigenvalue weighted by atomic mass is 19.4. The van der Waals surface area contributed by atoms with Gasteiger partial charge in [-0.15, -0.1) is 19.8 Å². The van der Waals surface area contributed by atoms with E-state index >= 15 is 0 Å².